The summed E-state index contributed by atoms with van der Waals surface area (Å²) in [5.41, 5.74) is 0.461. The number of nitrogens with zero attached hydrogens (tertiary/aromatic N) is 4. The van der Waals surface area contributed by atoms with Gasteiger partial charge in [-0.05, 0) is 24.1 Å². The number of nitro groups is 1. The van der Waals surface area contributed by atoms with Gasteiger partial charge in [-0.2, -0.15) is 25.2 Å². The Bertz CT molecular complexity index is 1160. The number of carbonyl (C=O) groups excluding carboxylic acids is 3. The molecule has 0 aliphatic carbocycles. The van der Waals surface area contributed by atoms with Crippen molar-refractivity contribution in [2.45, 2.75) is 38.5 Å². The molecule has 2 aliphatic heterocycles. The Hall–Kier alpha value is -2.99. The molecular formula is C23H33N5O10S2. The first-order valence-electron chi connectivity index (χ1n) is 12.5. The molecule has 2 atom stereocenters. The molecule has 222 valence electrons. The molecule has 17 heteroatoms. The lowest BCUT2D eigenvalue weighted by atomic mass is 10.2. The van der Waals surface area contributed by atoms with Gasteiger partial charge in [0.25, 0.3) is 21.7 Å². The smallest absolute Gasteiger partial charge is 0.410 e. The molecule has 0 spiro atoms. The zero-order chi connectivity index (χ0) is 29.3. The van der Waals surface area contributed by atoms with Crippen LogP contribution in [0.2, 0.25) is 0 Å². The summed E-state index contributed by atoms with van der Waals surface area (Å²) < 4.78 is 33.8. The maximum absolute atomic E-state index is 12.9. The van der Waals surface area contributed by atoms with Crippen LogP contribution in [0.1, 0.15) is 25.3 Å². The minimum atomic E-state index is -3.75. The van der Waals surface area contributed by atoms with Crippen LogP contribution >= 0.6 is 11.8 Å². The SMILES string of the molecule is CC(=O)ON(C(=O)CCSCC1CC(OS(C)(=O)=O)CN1C(=O)OCc1ccc([N+](=O)[O-])cc1)N1CCNCC1. The van der Waals surface area contributed by atoms with Crippen LogP contribution in [0.25, 0.3) is 0 Å². The van der Waals surface area contributed by atoms with Crippen molar-refractivity contribution in [3.8, 4) is 0 Å². The van der Waals surface area contributed by atoms with E-state index in [-0.39, 0.29) is 37.6 Å². The van der Waals surface area contributed by atoms with Crippen molar-refractivity contribution in [1.29, 1.82) is 0 Å². The fourth-order valence-corrected chi connectivity index (χ4v) is 5.92. The minimum absolute atomic E-state index is 0.000450. The summed E-state index contributed by atoms with van der Waals surface area (Å²) in [7, 11) is -3.75. The first kappa shape index (κ1) is 31.5. The molecule has 1 aromatic carbocycles. The molecule has 0 bridgehead atoms. The van der Waals surface area contributed by atoms with Gasteiger partial charge >= 0.3 is 12.1 Å². The summed E-state index contributed by atoms with van der Waals surface area (Å²) in [6.45, 7) is 3.40. The van der Waals surface area contributed by atoms with Crippen LogP contribution in [0.4, 0.5) is 10.5 Å². The number of hydrogen-bond donors (Lipinski definition) is 1. The Balaban J connectivity index is 1.55. The lowest BCUT2D eigenvalue weighted by Crippen LogP contribution is -2.54. The molecule has 15 nitrogen and oxygen atoms in total. The summed E-state index contributed by atoms with van der Waals surface area (Å²) in [5.74, 6) is -0.244. The van der Waals surface area contributed by atoms with Crippen molar-refractivity contribution >= 4 is 45.5 Å². The molecule has 2 saturated heterocycles. The number of nitro benzene ring substituents is 1. The zero-order valence-corrected chi connectivity index (χ0v) is 23.9. The fourth-order valence-electron chi connectivity index (χ4n) is 4.21. The second-order valence-corrected chi connectivity index (χ2v) is 12.0. The molecule has 0 saturated carbocycles. The van der Waals surface area contributed by atoms with Crippen LogP contribution in [-0.2, 0) is 40.1 Å². The summed E-state index contributed by atoms with van der Waals surface area (Å²) in [4.78, 5) is 54.0. The lowest BCUT2D eigenvalue weighted by Gasteiger charge is -2.35. The van der Waals surface area contributed by atoms with Gasteiger partial charge in [-0.15, -0.1) is 0 Å². The monoisotopic (exact) mass is 603 g/mol. The topological polar surface area (TPSA) is 178 Å². The quantitative estimate of drug-likeness (QED) is 0.163. The van der Waals surface area contributed by atoms with Crippen LogP contribution in [-0.4, -0.2) is 109 Å². The Morgan fingerprint density at radius 2 is 1.88 bits per heavy atom. The zero-order valence-electron chi connectivity index (χ0n) is 22.2. The number of non-ortho nitro benzene ring substituents is 1. The van der Waals surface area contributed by atoms with E-state index in [4.69, 9.17) is 13.8 Å². The number of likely N-dealkylation sites (tertiary alicyclic amines) is 1. The minimum Gasteiger partial charge on any atom is -0.445 e. The Labute approximate surface area is 236 Å². The molecule has 2 heterocycles. The lowest BCUT2D eigenvalue weighted by molar-refractivity contribution is -0.384. The third-order valence-electron chi connectivity index (χ3n) is 5.98. The molecule has 0 aromatic heterocycles. The van der Waals surface area contributed by atoms with Gasteiger partial charge in [0.15, 0.2) is 0 Å². The highest BCUT2D eigenvalue weighted by molar-refractivity contribution is 7.99. The van der Waals surface area contributed by atoms with Crippen LogP contribution in [0, 0.1) is 10.1 Å². The number of carbonyl (C=O) groups is 3. The first-order valence-corrected chi connectivity index (χ1v) is 15.5. The number of amides is 2. The molecule has 0 radical (unpaired) electrons. The second kappa shape index (κ2) is 14.6. The van der Waals surface area contributed by atoms with Crippen LogP contribution in [0.3, 0.4) is 0 Å². The van der Waals surface area contributed by atoms with Gasteiger partial charge in [0.1, 0.15) is 6.61 Å². The predicted molar refractivity (Wildman–Crippen MR) is 143 cm³/mol. The number of nitrogens with one attached hydrogen (secondary N) is 1. The van der Waals surface area contributed by atoms with E-state index in [1.165, 1.54) is 47.9 Å². The number of hydroxylamine groups is 1. The van der Waals surface area contributed by atoms with Crippen molar-refractivity contribution in [2.75, 3.05) is 50.5 Å². The van der Waals surface area contributed by atoms with E-state index >= 15 is 0 Å². The van der Waals surface area contributed by atoms with E-state index in [0.29, 0.717) is 43.2 Å². The van der Waals surface area contributed by atoms with E-state index in [2.05, 4.69) is 5.32 Å². The van der Waals surface area contributed by atoms with Crippen LogP contribution < -0.4 is 5.32 Å². The molecule has 2 unspecified atom stereocenters. The Morgan fingerprint density at radius 3 is 2.48 bits per heavy atom. The Morgan fingerprint density at radius 1 is 1.20 bits per heavy atom. The maximum Gasteiger partial charge on any atom is 0.410 e. The van der Waals surface area contributed by atoms with Gasteiger partial charge in [0.05, 0.1) is 23.8 Å². The number of hydrogen-bond acceptors (Lipinski definition) is 13. The number of hydrazine groups is 1. The van der Waals surface area contributed by atoms with E-state index in [9.17, 15) is 32.9 Å². The van der Waals surface area contributed by atoms with Gasteiger partial charge in [0.2, 0.25) is 0 Å². The molecule has 2 fully saturated rings. The molecular weight excluding hydrogens is 570 g/mol. The normalized spacial score (nSPS) is 19.7. The van der Waals surface area contributed by atoms with E-state index in [0.717, 1.165) is 11.4 Å². The van der Waals surface area contributed by atoms with E-state index in [1.54, 1.807) is 5.01 Å². The largest absolute Gasteiger partial charge is 0.445 e. The van der Waals surface area contributed by atoms with Gasteiger partial charge in [0, 0.05) is 69.2 Å². The highest BCUT2D eigenvalue weighted by atomic mass is 32.2. The van der Waals surface area contributed by atoms with Gasteiger partial charge in [-0.3, -0.25) is 19.1 Å². The third-order valence-corrected chi connectivity index (χ3v) is 7.72. The number of rotatable bonds is 11. The van der Waals surface area contributed by atoms with Crippen molar-refractivity contribution in [3.05, 3.63) is 39.9 Å². The van der Waals surface area contributed by atoms with Crippen molar-refractivity contribution in [3.63, 3.8) is 0 Å². The number of benzene rings is 1. The summed E-state index contributed by atoms with van der Waals surface area (Å²) >= 11 is 1.38. The molecule has 2 aliphatic rings. The van der Waals surface area contributed by atoms with E-state index < -0.39 is 39.2 Å². The highest BCUT2D eigenvalue weighted by Crippen LogP contribution is 2.26. The second-order valence-electron chi connectivity index (χ2n) is 9.22. The third kappa shape index (κ3) is 9.88. The maximum atomic E-state index is 12.9. The number of ether oxygens (including phenoxy) is 1. The summed E-state index contributed by atoms with van der Waals surface area (Å²) in [5, 5.41) is 16.7. The highest BCUT2D eigenvalue weighted by Gasteiger charge is 2.38. The average Bonchev–Trinajstić information content (AvgIpc) is 3.29. The van der Waals surface area contributed by atoms with Crippen molar-refractivity contribution in [2.24, 2.45) is 0 Å². The first-order chi connectivity index (χ1) is 18.9. The average molecular weight is 604 g/mol. The Kier molecular flexibility index (Phi) is 11.5. The van der Waals surface area contributed by atoms with E-state index in [1.807, 2.05) is 0 Å². The van der Waals surface area contributed by atoms with Crippen molar-refractivity contribution in [1.82, 2.24) is 20.4 Å². The summed E-state index contributed by atoms with van der Waals surface area (Å²) in [6, 6.07) is 5.15. The number of thioether (sulfide) groups is 1. The molecule has 40 heavy (non-hydrogen) atoms. The molecule has 1 aromatic rings. The van der Waals surface area contributed by atoms with Gasteiger partial charge in [-0.1, -0.05) is 5.17 Å². The fraction of sp³-hybridized carbons (Fsp3) is 0.609. The summed E-state index contributed by atoms with van der Waals surface area (Å²) in [6.07, 6.45) is -0.171. The van der Waals surface area contributed by atoms with Crippen LogP contribution in [0.5, 0.6) is 0 Å². The molecule has 1 N–H and O–H groups in total. The van der Waals surface area contributed by atoms with Crippen molar-refractivity contribution < 1.29 is 41.5 Å². The number of piperazine rings is 1. The van der Waals surface area contributed by atoms with Gasteiger partial charge < -0.3 is 19.8 Å². The predicted octanol–water partition coefficient (Wildman–Crippen LogP) is 0.901. The van der Waals surface area contributed by atoms with Gasteiger partial charge in [-0.25, -0.2) is 9.59 Å². The molecule has 2 amide bonds. The molecule has 3 rings (SSSR count). The standard InChI is InChI=1S/C23H33N5O10S2/c1-17(29)37-27(25-10-8-24-9-11-25)22(30)7-12-39-16-20-13-21(38-40(2,34)35)14-26(20)23(31)36-15-18-3-5-19(6-4-18)28(32)33/h3-6,20-21,24H,7-16H2,1-2H3. The van der Waals surface area contributed by atoms with Crippen LogP contribution in [0.15, 0.2) is 24.3 Å².